The lowest BCUT2D eigenvalue weighted by Gasteiger charge is -2.37. The number of rotatable bonds is 4. The number of hydrogen-bond donors (Lipinski definition) is 0. The number of pyridine rings is 1. The van der Waals surface area contributed by atoms with Crippen LogP contribution < -0.4 is 10.5 Å². The van der Waals surface area contributed by atoms with E-state index >= 15 is 0 Å². The first-order chi connectivity index (χ1) is 16.1. The van der Waals surface area contributed by atoms with E-state index in [4.69, 9.17) is 4.74 Å². The lowest BCUT2D eigenvalue weighted by molar-refractivity contribution is -0.127. The fourth-order valence-corrected chi connectivity index (χ4v) is 5.34. The van der Waals surface area contributed by atoms with Crippen LogP contribution in [0.3, 0.4) is 0 Å². The third-order valence-electron chi connectivity index (χ3n) is 6.00. The van der Waals surface area contributed by atoms with E-state index in [9.17, 15) is 27.6 Å². The first-order valence-corrected chi connectivity index (χ1v) is 11.8. The zero-order valence-corrected chi connectivity index (χ0v) is 19.5. The maximum Gasteiger partial charge on any atom is 0.401 e. The third-order valence-corrected chi connectivity index (χ3v) is 7.34. The lowest BCUT2D eigenvalue weighted by atomic mass is 10.1. The number of para-hydroxylation sites is 1. The summed E-state index contributed by atoms with van der Waals surface area (Å²) in [4.78, 5) is 42.2. The number of fused-ring (bicyclic) bond motifs is 1. The lowest BCUT2D eigenvalue weighted by Crippen LogP contribution is -2.50. The summed E-state index contributed by atoms with van der Waals surface area (Å²) in [5, 5.41) is -0.888. The van der Waals surface area contributed by atoms with E-state index < -0.39 is 28.9 Å². The predicted molar refractivity (Wildman–Crippen MR) is 124 cm³/mol. The molecule has 11 heteroatoms. The van der Waals surface area contributed by atoms with E-state index in [-0.39, 0.29) is 36.6 Å². The first kappa shape index (κ1) is 24.2. The number of benzene rings is 1. The van der Waals surface area contributed by atoms with E-state index in [0.29, 0.717) is 41.4 Å². The molecule has 0 bridgehead atoms. The zero-order valence-electron chi connectivity index (χ0n) is 18.7. The van der Waals surface area contributed by atoms with Gasteiger partial charge in [-0.2, -0.15) is 13.2 Å². The predicted octanol–water partition coefficient (Wildman–Crippen LogP) is 3.32. The number of carbonyl (C=O) groups excluding carboxylic acids is 2. The van der Waals surface area contributed by atoms with Gasteiger partial charge in [-0.05, 0) is 19.4 Å². The topological polar surface area (TPSA) is 71.8 Å². The number of carbonyl (C=O) groups is 2. The molecule has 0 radical (unpaired) electrons. The Labute approximate surface area is 198 Å². The number of esters is 1. The Kier molecular flexibility index (Phi) is 6.66. The van der Waals surface area contributed by atoms with Crippen molar-refractivity contribution in [1.82, 2.24) is 9.47 Å². The molecule has 0 saturated carbocycles. The van der Waals surface area contributed by atoms with Gasteiger partial charge in [0.2, 0.25) is 0 Å². The van der Waals surface area contributed by atoms with Crippen molar-refractivity contribution in [3.05, 3.63) is 51.2 Å². The summed E-state index contributed by atoms with van der Waals surface area (Å²) in [6.07, 6.45) is -3.21. The van der Waals surface area contributed by atoms with Crippen LogP contribution in [0.5, 0.6) is 0 Å². The second-order valence-electron chi connectivity index (χ2n) is 8.06. The summed E-state index contributed by atoms with van der Waals surface area (Å²) >= 11 is 0.560. The molecular weight excluding hydrogens is 471 g/mol. The van der Waals surface area contributed by atoms with E-state index in [2.05, 4.69) is 0 Å². The van der Waals surface area contributed by atoms with Gasteiger partial charge in [-0.15, -0.1) is 11.8 Å². The molecule has 2 aromatic rings. The van der Waals surface area contributed by atoms with E-state index in [1.807, 2.05) is 17.0 Å². The molecule has 34 heavy (non-hydrogen) atoms. The highest BCUT2D eigenvalue weighted by atomic mass is 32.2. The maximum absolute atomic E-state index is 13.1. The van der Waals surface area contributed by atoms with Gasteiger partial charge in [0.25, 0.3) is 11.5 Å². The van der Waals surface area contributed by atoms with Gasteiger partial charge in [-0.25, -0.2) is 4.79 Å². The summed E-state index contributed by atoms with van der Waals surface area (Å²) in [7, 11) is 1.59. The van der Waals surface area contributed by atoms with Crippen molar-refractivity contribution in [3.8, 4) is 0 Å². The van der Waals surface area contributed by atoms with Gasteiger partial charge in [0, 0.05) is 38.6 Å². The number of allylic oxidation sites excluding steroid dienone is 1. The number of amides is 1. The molecule has 1 unspecified atom stereocenters. The van der Waals surface area contributed by atoms with E-state index in [0.717, 1.165) is 0 Å². The highest BCUT2D eigenvalue weighted by molar-refractivity contribution is 8.04. The molecule has 2 aliphatic rings. The third kappa shape index (κ3) is 4.40. The maximum atomic E-state index is 13.1. The Hall–Kier alpha value is -2.95. The van der Waals surface area contributed by atoms with Crippen molar-refractivity contribution in [1.29, 1.82) is 0 Å². The standard InChI is InChI=1S/C23H24F3N3O4S/c1-3-33-22(32)18-19(14-6-4-5-7-15(14)27(2)21(18)31)28-10-12-29(13-11-28)20(30)16-8-9-17(34-16)23(24,25)26/h4-8,17H,3,9-13H2,1-2H3. The van der Waals surface area contributed by atoms with E-state index in [1.165, 1.54) is 15.5 Å². The number of nitrogens with zero attached hydrogens (tertiary/aromatic N) is 3. The van der Waals surface area contributed by atoms with Gasteiger partial charge in [0.1, 0.15) is 10.8 Å². The van der Waals surface area contributed by atoms with Crippen LogP contribution in [0.25, 0.3) is 10.9 Å². The summed E-state index contributed by atoms with van der Waals surface area (Å²) in [6.45, 7) is 2.90. The smallest absolute Gasteiger partial charge is 0.401 e. The number of ether oxygens (including phenoxy) is 1. The number of aromatic nitrogens is 1. The van der Waals surface area contributed by atoms with Gasteiger partial charge in [-0.3, -0.25) is 9.59 Å². The van der Waals surface area contributed by atoms with Crippen LogP contribution in [-0.4, -0.2) is 65.6 Å². The minimum atomic E-state index is -4.36. The van der Waals surface area contributed by atoms with Gasteiger partial charge < -0.3 is 19.1 Å². The molecule has 1 saturated heterocycles. The quantitative estimate of drug-likeness (QED) is 0.607. The summed E-state index contributed by atoms with van der Waals surface area (Å²) < 4.78 is 45.5. The molecule has 0 N–H and O–H groups in total. The minimum absolute atomic E-state index is 0.0649. The number of halogens is 3. The Bertz CT molecular complexity index is 1220. The second-order valence-corrected chi connectivity index (χ2v) is 9.30. The summed E-state index contributed by atoms with van der Waals surface area (Å²) in [6, 6.07) is 7.22. The van der Waals surface area contributed by atoms with Crippen LogP contribution in [0.2, 0.25) is 0 Å². The van der Waals surface area contributed by atoms with Crippen LogP contribution in [-0.2, 0) is 16.6 Å². The van der Waals surface area contributed by atoms with Crippen molar-refractivity contribution in [2.24, 2.45) is 7.05 Å². The van der Waals surface area contributed by atoms with Crippen LogP contribution >= 0.6 is 11.8 Å². The number of thioether (sulfide) groups is 1. The van der Waals surface area contributed by atoms with Crippen molar-refractivity contribution in [2.75, 3.05) is 37.7 Å². The Balaban J connectivity index is 1.60. The fraction of sp³-hybridized carbons (Fsp3) is 0.435. The molecule has 2 aliphatic heterocycles. The summed E-state index contributed by atoms with van der Waals surface area (Å²) in [5.41, 5.74) is 0.567. The van der Waals surface area contributed by atoms with E-state index in [1.54, 1.807) is 26.1 Å². The molecular formula is C23H24F3N3O4S. The molecule has 1 aromatic carbocycles. The Morgan fingerprint density at radius 1 is 1.15 bits per heavy atom. The molecule has 1 atom stereocenters. The van der Waals surface area contributed by atoms with Crippen molar-refractivity contribution >= 4 is 40.2 Å². The van der Waals surface area contributed by atoms with Gasteiger partial charge in [0.05, 0.1) is 22.7 Å². The summed E-state index contributed by atoms with van der Waals surface area (Å²) in [5.74, 6) is -1.14. The molecule has 182 valence electrons. The molecule has 3 heterocycles. The number of piperazine rings is 1. The van der Waals surface area contributed by atoms with Crippen molar-refractivity contribution in [2.45, 2.75) is 24.8 Å². The molecule has 0 spiro atoms. The van der Waals surface area contributed by atoms with Gasteiger partial charge in [-0.1, -0.05) is 24.3 Å². The Morgan fingerprint density at radius 3 is 2.44 bits per heavy atom. The fourth-order valence-electron chi connectivity index (χ4n) is 4.29. The molecule has 4 rings (SSSR count). The minimum Gasteiger partial charge on any atom is -0.462 e. The number of aryl methyl sites for hydroxylation is 1. The molecule has 0 aliphatic carbocycles. The van der Waals surface area contributed by atoms with Crippen molar-refractivity contribution in [3.63, 3.8) is 0 Å². The van der Waals surface area contributed by atoms with Crippen LogP contribution in [0.4, 0.5) is 18.9 Å². The average Bonchev–Trinajstić information content (AvgIpc) is 3.32. The normalized spacial score (nSPS) is 18.9. The average molecular weight is 496 g/mol. The van der Waals surface area contributed by atoms with Gasteiger partial charge >= 0.3 is 12.1 Å². The number of hydrogen-bond acceptors (Lipinski definition) is 6. The highest BCUT2D eigenvalue weighted by Gasteiger charge is 2.44. The highest BCUT2D eigenvalue weighted by Crippen LogP contribution is 2.42. The SMILES string of the molecule is CCOC(=O)c1c(N2CCN(C(=O)C3=CCC(C(F)(F)F)S3)CC2)c2ccccc2n(C)c1=O. The van der Waals surface area contributed by atoms with Crippen LogP contribution in [0, 0.1) is 0 Å². The zero-order chi connectivity index (χ0) is 24.6. The molecule has 1 fully saturated rings. The number of alkyl halides is 3. The largest absolute Gasteiger partial charge is 0.462 e. The monoisotopic (exact) mass is 495 g/mol. The van der Waals surface area contributed by atoms with Crippen molar-refractivity contribution < 1.29 is 27.5 Å². The molecule has 7 nitrogen and oxygen atoms in total. The first-order valence-electron chi connectivity index (χ1n) is 10.9. The Morgan fingerprint density at radius 2 is 1.82 bits per heavy atom. The second kappa shape index (κ2) is 9.36. The van der Waals surface area contributed by atoms with Crippen LogP contribution in [0.1, 0.15) is 23.7 Å². The number of anilines is 1. The van der Waals surface area contributed by atoms with Gasteiger partial charge in [0.15, 0.2) is 0 Å². The molecule has 1 aromatic heterocycles. The molecule has 1 amide bonds. The van der Waals surface area contributed by atoms with Crippen LogP contribution in [0.15, 0.2) is 40.0 Å².